The molecule has 142 valence electrons. The van der Waals surface area contributed by atoms with Crippen molar-refractivity contribution in [1.82, 2.24) is 24.0 Å². The number of benzene rings is 1. The van der Waals surface area contributed by atoms with Crippen LogP contribution in [-0.2, 0) is 25.4 Å². The van der Waals surface area contributed by atoms with Crippen LogP contribution < -0.4 is 21.3 Å². The lowest BCUT2D eigenvalue weighted by Crippen LogP contribution is -2.38. The molecule has 9 nitrogen and oxygen atoms in total. The zero-order chi connectivity index (χ0) is 19.7. The fraction of sp³-hybridized carbons (Fsp3) is 0.333. The van der Waals surface area contributed by atoms with Crippen molar-refractivity contribution >= 4 is 17.1 Å². The van der Waals surface area contributed by atoms with Crippen LogP contribution in [0.3, 0.4) is 0 Å². The number of nitrogens with one attached hydrogen (secondary N) is 1. The van der Waals surface area contributed by atoms with Crippen LogP contribution in [0.15, 0.2) is 40.2 Å². The zero-order valence-corrected chi connectivity index (χ0v) is 15.6. The molecule has 0 fully saturated rings. The number of carbonyl (C=O) groups is 1. The number of imidazole rings is 1. The highest BCUT2D eigenvalue weighted by Crippen LogP contribution is 2.14. The maximum absolute atomic E-state index is 12.6. The van der Waals surface area contributed by atoms with Crippen molar-refractivity contribution in [1.29, 1.82) is 0 Å². The first kappa shape index (κ1) is 18.4. The molecule has 0 aliphatic rings. The van der Waals surface area contributed by atoms with Crippen LogP contribution in [0.2, 0.25) is 0 Å². The lowest BCUT2D eigenvalue weighted by Gasteiger charge is -2.15. The van der Waals surface area contributed by atoms with E-state index in [0.29, 0.717) is 6.54 Å². The van der Waals surface area contributed by atoms with Gasteiger partial charge < -0.3 is 14.6 Å². The number of fused-ring (bicyclic) bond motifs is 1. The van der Waals surface area contributed by atoms with E-state index in [1.807, 2.05) is 24.3 Å². The summed E-state index contributed by atoms with van der Waals surface area (Å²) in [6, 6.07) is 6.69. The van der Waals surface area contributed by atoms with E-state index in [-0.39, 0.29) is 17.1 Å². The summed E-state index contributed by atoms with van der Waals surface area (Å²) < 4.78 is 8.88. The molecule has 0 bridgehead atoms. The van der Waals surface area contributed by atoms with Crippen LogP contribution in [0.1, 0.15) is 18.5 Å². The molecular weight excluding hydrogens is 350 g/mol. The second-order valence-electron chi connectivity index (χ2n) is 6.27. The average molecular weight is 371 g/mol. The summed E-state index contributed by atoms with van der Waals surface area (Å²) in [7, 11) is 4.53. The van der Waals surface area contributed by atoms with Gasteiger partial charge in [-0.25, -0.2) is 9.78 Å². The maximum atomic E-state index is 12.6. The van der Waals surface area contributed by atoms with Gasteiger partial charge in [-0.3, -0.25) is 18.7 Å². The number of aryl methyl sites for hydroxylation is 1. The molecule has 1 amide bonds. The number of carbonyl (C=O) groups excluding carboxylic acids is 1. The van der Waals surface area contributed by atoms with Gasteiger partial charge in [-0.15, -0.1) is 0 Å². The second kappa shape index (κ2) is 7.10. The van der Waals surface area contributed by atoms with Gasteiger partial charge in [-0.05, 0) is 24.6 Å². The minimum atomic E-state index is -0.668. The average Bonchev–Trinajstić information content (AvgIpc) is 3.13. The zero-order valence-electron chi connectivity index (χ0n) is 15.6. The van der Waals surface area contributed by atoms with Gasteiger partial charge in [0.25, 0.3) is 5.56 Å². The Balaban J connectivity index is 1.85. The molecule has 0 saturated carbocycles. The number of hydrogen-bond donors (Lipinski definition) is 1. The summed E-state index contributed by atoms with van der Waals surface area (Å²) in [5, 5.41) is 2.84. The summed E-state index contributed by atoms with van der Waals surface area (Å²) in [5.74, 6) is 0.478. The van der Waals surface area contributed by atoms with Crippen molar-refractivity contribution in [2.75, 3.05) is 7.11 Å². The third kappa shape index (κ3) is 3.23. The van der Waals surface area contributed by atoms with Gasteiger partial charge in [0.2, 0.25) is 5.91 Å². The molecule has 1 unspecified atom stereocenters. The molecule has 2 heterocycles. The third-order valence-electron chi connectivity index (χ3n) is 4.60. The fourth-order valence-electron chi connectivity index (χ4n) is 2.86. The molecule has 1 atom stereocenters. The number of ether oxygens (including phenoxy) is 1. The number of rotatable bonds is 5. The summed E-state index contributed by atoms with van der Waals surface area (Å²) in [6.07, 6.45) is 1.41. The Bertz CT molecular complexity index is 1110. The molecular formula is C18H21N5O4. The van der Waals surface area contributed by atoms with Gasteiger partial charge in [0.05, 0.1) is 13.4 Å². The van der Waals surface area contributed by atoms with E-state index >= 15 is 0 Å². The Labute approximate surface area is 154 Å². The van der Waals surface area contributed by atoms with Crippen LogP contribution in [0.4, 0.5) is 0 Å². The molecule has 0 aliphatic heterocycles. The van der Waals surface area contributed by atoms with Gasteiger partial charge in [-0.1, -0.05) is 12.1 Å². The Morgan fingerprint density at radius 3 is 2.48 bits per heavy atom. The SMILES string of the molecule is COc1ccc(CNC(=O)C(C)n2cnc3c2c(=O)n(C)c(=O)n3C)cc1. The smallest absolute Gasteiger partial charge is 0.332 e. The van der Waals surface area contributed by atoms with Crippen molar-refractivity contribution in [3.63, 3.8) is 0 Å². The highest BCUT2D eigenvalue weighted by molar-refractivity contribution is 5.82. The summed E-state index contributed by atoms with van der Waals surface area (Å²) >= 11 is 0. The van der Waals surface area contributed by atoms with E-state index in [1.54, 1.807) is 14.0 Å². The Morgan fingerprint density at radius 1 is 1.19 bits per heavy atom. The number of hydrogen-bond acceptors (Lipinski definition) is 5. The minimum absolute atomic E-state index is 0.215. The Kier molecular flexibility index (Phi) is 4.85. The number of methoxy groups -OCH3 is 1. The molecule has 0 spiro atoms. The molecule has 2 aromatic heterocycles. The normalized spacial score (nSPS) is 12.1. The van der Waals surface area contributed by atoms with E-state index < -0.39 is 17.3 Å². The Morgan fingerprint density at radius 2 is 1.85 bits per heavy atom. The van der Waals surface area contributed by atoms with E-state index in [4.69, 9.17) is 4.74 Å². The first-order valence-electron chi connectivity index (χ1n) is 8.38. The molecule has 0 radical (unpaired) electrons. The standard InChI is InChI=1S/C18H21N5O4/c1-11(16(24)19-9-12-5-7-13(27-4)8-6-12)23-10-20-15-14(23)17(25)22(3)18(26)21(15)2/h5-8,10-11H,9H2,1-4H3,(H,19,24). The number of amides is 1. The number of nitrogens with zero attached hydrogens (tertiary/aromatic N) is 4. The van der Waals surface area contributed by atoms with Crippen LogP contribution in [0.25, 0.3) is 11.2 Å². The maximum Gasteiger partial charge on any atom is 0.332 e. The topological polar surface area (TPSA) is 100 Å². The predicted molar refractivity (Wildman–Crippen MR) is 99.8 cm³/mol. The molecule has 9 heteroatoms. The van der Waals surface area contributed by atoms with Crippen molar-refractivity contribution in [2.45, 2.75) is 19.5 Å². The predicted octanol–water partition coefficient (Wildman–Crippen LogP) is 0.320. The summed E-state index contributed by atoms with van der Waals surface area (Å²) in [5.41, 5.74) is 0.435. The molecule has 1 aromatic carbocycles. The van der Waals surface area contributed by atoms with Crippen LogP contribution in [0.5, 0.6) is 5.75 Å². The van der Waals surface area contributed by atoms with Gasteiger partial charge in [0, 0.05) is 20.6 Å². The van der Waals surface area contributed by atoms with Gasteiger partial charge in [0.1, 0.15) is 11.8 Å². The molecule has 0 aliphatic carbocycles. The van der Waals surface area contributed by atoms with Gasteiger partial charge in [0.15, 0.2) is 11.2 Å². The highest BCUT2D eigenvalue weighted by Gasteiger charge is 2.21. The highest BCUT2D eigenvalue weighted by atomic mass is 16.5. The van der Waals surface area contributed by atoms with Gasteiger partial charge >= 0.3 is 5.69 Å². The largest absolute Gasteiger partial charge is 0.497 e. The first-order chi connectivity index (χ1) is 12.8. The third-order valence-corrected chi connectivity index (χ3v) is 4.60. The second-order valence-corrected chi connectivity index (χ2v) is 6.27. The molecule has 1 N–H and O–H groups in total. The van der Waals surface area contributed by atoms with Crippen LogP contribution in [0, 0.1) is 0 Å². The van der Waals surface area contributed by atoms with Crippen LogP contribution in [-0.4, -0.2) is 31.7 Å². The molecule has 3 rings (SSSR count). The monoisotopic (exact) mass is 371 g/mol. The van der Waals surface area contributed by atoms with E-state index in [0.717, 1.165) is 15.9 Å². The lowest BCUT2D eigenvalue weighted by atomic mass is 10.2. The van der Waals surface area contributed by atoms with E-state index in [1.165, 1.54) is 29.6 Å². The molecule has 3 aromatic rings. The van der Waals surface area contributed by atoms with Crippen molar-refractivity contribution in [3.8, 4) is 5.75 Å². The Hall–Kier alpha value is -3.36. The van der Waals surface area contributed by atoms with Gasteiger partial charge in [-0.2, -0.15) is 0 Å². The quantitative estimate of drug-likeness (QED) is 0.696. The van der Waals surface area contributed by atoms with Crippen molar-refractivity contribution in [2.24, 2.45) is 14.1 Å². The molecule has 0 saturated heterocycles. The van der Waals surface area contributed by atoms with Crippen molar-refractivity contribution in [3.05, 3.63) is 57.0 Å². The fourth-order valence-corrected chi connectivity index (χ4v) is 2.86. The van der Waals surface area contributed by atoms with Crippen LogP contribution >= 0.6 is 0 Å². The number of aromatic nitrogens is 4. The minimum Gasteiger partial charge on any atom is -0.497 e. The van der Waals surface area contributed by atoms with E-state index in [9.17, 15) is 14.4 Å². The van der Waals surface area contributed by atoms with E-state index in [2.05, 4.69) is 10.3 Å². The van der Waals surface area contributed by atoms with Crippen molar-refractivity contribution < 1.29 is 9.53 Å². The summed E-state index contributed by atoms with van der Waals surface area (Å²) in [6.45, 7) is 2.02. The summed E-state index contributed by atoms with van der Waals surface area (Å²) in [4.78, 5) is 41.2. The molecule has 27 heavy (non-hydrogen) atoms. The lowest BCUT2D eigenvalue weighted by molar-refractivity contribution is -0.123. The first-order valence-corrected chi connectivity index (χ1v) is 8.38.